The van der Waals surface area contributed by atoms with Crippen LogP contribution in [0.25, 0.3) is 5.69 Å². The number of hydrogen-bond donors (Lipinski definition) is 0. The molecule has 4 rings (SSSR count). The van der Waals surface area contributed by atoms with Gasteiger partial charge in [0.15, 0.2) is 5.16 Å². The van der Waals surface area contributed by atoms with Crippen molar-refractivity contribution in [2.45, 2.75) is 18.6 Å². The van der Waals surface area contributed by atoms with Crippen LogP contribution in [0.2, 0.25) is 0 Å². The molecule has 0 saturated heterocycles. The molecule has 2 aromatic carbocycles. The number of rotatable bonds is 8. The third-order valence-electron chi connectivity index (χ3n) is 4.80. The van der Waals surface area contributed by atoms with Crippen molar-refractivity contribution in [2.24, 2.45) is 0 Å². The summed E-state index contributed by atoms with van der Waals surface area (Å²) < 4.78 is 7.17. The number of thiophene rings is 1. The second-order valence-electron chi connectivity index (χ2n) is 6.82. The van der Waals surface area contributed by atoms with Gasteiger partial charge in [-0.25, -0.2) is 0 Å². The highest BCUT2D eigenvalue weighted by Crippen LogP contribution is 2.26. The quantitative estimate of drug-likeness (QED) is 0.355. The number of methoxy groups -OCH3 is 1. The molecule has 1 amide bonds. The number of anilines is 1. The predicted octanol–water partition coefficient (Wildman–Crippen LogP) is 4.97. The Morgan fingerprint density at radius 2 is 1.94 bits per heavy atom. The Bertz CT molecular complexity index is 1140. The van der Waals surface area contributed by atoms with E-state index >= 15 is 0 Å². The van der Waals surface area contributed by atoms with E-state index in [9.17, 15) is 4.79 Å². The van der Waals surface area contributed by atoms with Crippen LogP contribution in [0, 0.1) is 6.92 Å². The summed E-state index contributed by atoms with van der Waals surface area (Å²) in [4.78, 5) is 16.2. The van der Waals surface area contributed by atoms with Gasteiger partial charge in [-0.05, 0) is 54.3 Å². The highest BCUT2D eigenvalue weighted by Gasteiger charge is 2.19. The standard InChI is InChI=1S/C23H22N4O2S2/c1-17-6-3-4-8-21(17)27-16-24-25-23(27)31-15-22(28)26(14-20-7-5-13-30-20)18-9-11-19(29-2)12-10-18/h3-13,16H,14-15H2,1-2H3. The molecule has 0 aliphatic carbocycles. The number of nitrogens with zero attached hydrogens (tertiary/aromatic N) is 4. The van der Waals surface area contributed by atoms with Crippen molar-refractivity contribution in [2.75, 3.05) is 17.8 Å². The number of thioether (sulfide) groups is 1. The minimum absolute atomic E-state index is 0.00269. The molecule has 0 saturated carbocycles. The van der Waals surface area contributed by atoms with Crippen molar-refractivity contribution >= 4 is 34.7 Å². The lowest BCUT2D eigenvalue weighted by Gasteiger charge is -2.22. The summed E-state index contributed by atoms with van der Waals surface area (Å²) in [5.74, 6) is 1.01. The van der Waals surface area contributed by atoms with Crippen LogP contribution in [0.4, 0.5) is 5.69 Å². The van der Waals surface area contributed by atoms with E-state index in [1.165, 1.54) is 11.8 Å². The van der Waals surface area contributed by atoms with E-state index in [4.69, 9.17) is 4.74 Å². The molecule has 31 heavy (non-hydrogen) atoms. The van der Waals surface area contributed by atoms with E-state index in [0.29, 0.717) is 11.7 Å². The van der Waals surface area contributed by atoms with Crippen LogP contribution < -0.4 is 9.64 Å². The highest BCUT2D eigenvalue weighted by atomic mass is 32.2. The third-order valence-corrected chi connectivity index (χ3v) is 6.58. The number of carbonyl (C=O) groups is 1. The number of hydrogen-bond acceptors (Lipinski definition) is 6. The second-order valence-corrected chi connectivity index (χ2v) is 8.79. The van der Waals surface area contributed by atoms with Crippen LogP contribution in [-0.2, 0) is 11.3 Å². The van der Waals surface area contributed by atoms with E-state index < -0.39 is 0 Å². The maximum atomic E-state index is 13.3. The summed E-state index contributed by atoms with van der Waals surface area (Å²) in [5.41, 5.74) is 2.96. The van der Waals surface area contributed by atoms with Crippen LogP contribution in [-0.4, -0.2) is 33.5 Å². The summed E-state index contributed by atoms with van der Waals surface area (Å²) in [7, 11) is 1.63. The zero-order chi connectivity index (χ0) is 21.6. The Kier molecular flexibility index (Phi) is 6.69. The number of para-hydroxylation sites is 1. The lowest BCUT2D eigenvalue weighted by molar-refractivity contribution is -0.116. The topological polar surface area (TPSA) is 60.2 Å². The summed E-state index contributed by atoms with van der Waals surface area (Å²) in [6.45, 7) is 2.56. The van der Waals surface area contributed by atoms with Crippen LogP contribution in [0.3, 0.4) is 0 Å². The van der Waals surface area contributed by atoms with Gasteiger partial charge in [0.25, 0.3) is 0 Å². The van der Waals surface area contributed by atoms with Gasteiger partial charge < -0.3 is 9.64 Å². The van der Waals surface area contributed by atoms with Gasteiger partial charge >= 0.3 is 0 Å². The monoisotopic (exact) mass is 450 g/mol. The molecule has 0 N–H and O–H groups in total. The molecule has 6 nitrogen and oxygen atoms in total. The van der Waals surface area contributed by atoms with Crippen LogP contribution in [0.1, 0.15) is 10.4 Å². The van der Waals surface area contributed by atoms with Gasteiger partial charge in [-0.15, -0.1) is 21.5 Å². The molecule has 0 aliphatic rings. The number of ether oxygens (including phenoxy) is 1. The Morgan fingerprint density at radius 3 is 2.65 bits per heavy atom. The molecule has 0 unspecified atom stereocenters. The molecule has 2 aromatic heterocycles. The van der Waals surface area contributed by atoms with Crippen LogP contribution >= 0.6 is 23.1 Å². The van der Waals surface area contributed by atoms with Gasteiger partial charge in [-0.2, -0.15) is 0 Å². The number of benzene rings is 2. The number of amides is 1. The minimum atomic E-state index is 0.00269. The first-order valence-corrected chi connectivity index (χ1v) is 11.6. The number of carbonyl (C=O) groups excluding carboxylic acids is 1. The summed E-state index contributed by atoms with van der Waals surface area (Å²) in [6.07, 6.45) is 1.68. The smallest absolute Gasteiger partial charge is 0.237 e. The molecule has 2 heterocycles. The molecule has 4 aromatic rings. The first-order chi connectivity index (χ1) is 15.2. The van der Waals surface area contributed by atoms with Crippen LogP contribution in [0.5, 0.6) is 5.75 Å². The molecular weight excluding hydrogens is 428 g/mol. The highest BCUT2D eigenvalue weighted by molar-refractivity contribution is 7.99. The van der Waals surface area contributed by atoms with E-state index in [2.05, 4.69) is 10.2 Å². The van der Waals surface area contributed by atoms with Gasteiger partial charge in [-0.3, -0.25) is 9.36 Å². The Morgan fingerprint density at radius 1 is 1.13 bits per heavy atom. The van der Waals surface area contributed by atoms with Crippen molar-refractivity contribution in [1.29, 1.82) is 0 Å². The average Bonchev–Trinajstić information content (AvgIpc) is 3.48. The molecular formula is C23H22N4O2S2. The van der Waals surface area contributed by atoms with E-state index in [1.807, 2.05) is 77.5 Å². The normalized spacial score (nSPS) is 10.8. The molecule has 0 atom stereocenters. The minimum Gasteiger partial charge on any atom is -0.497 e. The SMILES string of the molecule is COc1ccc(N(Cc2cccs2)C(=O)CSc2nncn2-c2ccccc2C)cc1. The maximum absolute atomic E-state index is 13.3. The van der Waals surface area contributed by atoms with Gasteiger partial charge in [0.05, 0.1) is 25.1 Å². The second kappa shape index (κ2) is 9.80. The fourth-order valence-corrected chi connectivity index (χ4v) is 4.66. The van der Waals surface area contributed by atoms with E-state index in [0.717, 1.165) is 27.6 Å². The zero-order valence-electron chi connectivity index (χ0n) is 17.3. The lowest BCUT2D eigenvalue weighted by atomic mass is 10.2. The summed E-state index contributed by atoms with van der Waals surface area (Å²) >= 11 is 3.02. The van der Waals surface area contributed by atoms with Crippen molar-refractivity contribution in [3.05, 3.63) is 82.8 Å². The van der Waals surface area contributed by atoms with Gasteiger partial charge in [0.2, 0.25) is 5.91 Å². The number of aryl methyl sites for hydroxylation is 1. The maximum Gasteiger partial charge on any atom is 0.237 e. The Balaban J connectivity index is 1.53. The first-order valence-electron chi connectivity index (χ1n) is 9.71. The van der Waals surface area contributed by atoms with Crippen molar-refractivity contribution in [3.63, 3.8) is 0 Å². The molecule has 0 aliphatic heterocycles. The fourth-order valence-electron chi connectivity index (χ4n) is 3.17. The van der Waals surface area contributed by atoms with E-state index in [-0.39, 0.29) is 11.7 Å². The average molecular weight is 451 g/mol. The Hall–Kier alpha value is -3.10. The molecule has 158 valence electrons. The summed E-state index contributed by atoms with van der Waals surface area (Å²) in [6, 6.07) is 19.6. The van der Waals surface area contributed by atoms with Gasteiger partial charge in [-0.1, -0.05) is 36.0 Å². The number of aromatic nitrogens is 3. The van der Waals surface area contributed by atoms with Crippen molar-refractivity contribution < 1.29 is 9.53 Å². The molecule has 0 bridgehead atoms. The molecule has 0 fully saturated rings. The molecule has 8 heteroatoms. The molecule has 0 spiro atoms. The fraction of sp³-hybridized carbons (Fsp3) is 0.174. The molecule has 0 radical (unpaired) electrons. The van der Waals surface area contributed by atoms with Crippen molar-refractivity contribution in [1.82, 2.24) is 14.8 Å². The lowest BCUT2D eigenvalue weighted by Crippen LogP contribution is -2.31. The third kappa shape index (κ3) is 4.98. The zero-order valence-corrected chi connectivity index (χ0v) is 18.9. The van der Waals surface area contributed by atoms with E-state index in [1.54, 1.807) is 29.7 Å². The van der Waals surface area contributed by atoms with Crippen molar-refractivity contribution in [3.8, 4) is 11.4 Å². The van der Waals surface area contributed by atoms with Gasteiger partial charge in [0, 0.05) is 10.6 Å². The largest absolute Gasteiger partial charge is 0.497 e. The summed E-state index contributed by atoms with van der Waals surface area (Å²) in [5, 5.41) is 11.0. The Labute approximate surface area is 189 Å². The predicted molar refractivity (Wildman–Crippen MR) is 125 cm³/mol. The van der Waals surface area contributed by atoms with Gasteiger partial charge in [0.1, 0.15) is 12.1 Å². The first kappa shape index (κ1) is 21.1. The van der Waals surface area contributed by atoms with Crippen LogP contribution in [0.15, 0.2) is 77.5 Å².